The fourth-order valence-electron chi connectivity index (χ4n) is 4.04. The molecule has 1 aromatic carbocycles. The second-order valence-corrected chi connectivity index (χ2v) is 8.17. The highest BCUT2D eigenvalue weighted by atomic mass is 19.4. The maximum Gasteiger partial charge on any atom is 0.416 e. The number of morpholine rings is 1. The Labute approximate surface area is 207 Å². The van der Waals surface area contributed by atoms with Gasteiger partial charge in [0.2, 0.25) is 0 Å². The van der Waals surface area contributed by atoms with E-state index in [9.17, 15) is 23.2 Å². The molecular weight excluding hydrogens is 489 g/mol. The van der Waals surface area contributed by atoms with Gasteiger partial charge in [0.1, 0.15) is 46.5 Å². The van der Waals surface area contributed by atoms with E-state index in [0.29, 0.717) is 42.3 Å². The molecule has 4 aromatic rings. The number of anilines is 2. The van der Waals surface area contributed by atoms with Gasteiger partial charge >= 0.3 is 6.18 Å². The van der Waals surface area contributed by atoms with Gasteiger partial charge in [-0.1, -0.05) is 12.1 Å². The van der Waals surface area contributed by atoms with Crippen LogP contribution in [-0.2, 0) is 10.9 Å². The Bertz CT molecular complexity index is 1520. The van der Waals surface area contributed by atoms with E-state index >= 15 is 0 Å². The van der Waals surface area contributed by atoms with Crippen LogP contribution >= 0.6 is 0 Å². The average Bonchev–Trinajstić information content (AvgIpc) is 3.31. The number of hydrogen-bond donors (Lipinski definition) is 3. The van der Waals surface area contributed by atoms with Crippen LogP contribution < -0.4 is 16.4 Å². The number of pyridine rings is 1. The third-order valence-electron chi connectivity index (χ3n) is 5.79. The second-order valence-electron chi connectivity index (χ2n) is 8.17. The number of fused-ring (bicyclic) bond motifs is 1. The molecule has 1 saturated heterocycles. The number of hydrogen-bond acceptors (Lipinski definition) is 8. The summed E-state index contributed by atoms with van der Waals surface area (Å²) in [4.78, 5) is 25.3. The molecule has 0 aliphatic carbocycles. The molecule has 5 rings (SSSR count). The lowest BCUT2D eigenvalue weighted by molar-refractivity contribution is -0.137. The second kappa shape index (κ2) is 9.49. The van der Waals surface area contributed by atoms with E-state index in [4.69, 9.17) is 15.5 Å². The summed E-state index contributed by atoms with van der Waals surface area (Å²) in [6.45, 7) is 1.66. The first kappa shape index (κ1) is 24.2. The molecule has 1 atom stereocenters. The third kappa shape index (κ3) is 4.67. The summed E-state index contributed by atoms with van der Waals surface area (Å²) in [6, 6.07) is 9.93. The number of ether oxygens (including phenoxy) is 1. The number of nitrogens with two attached hydrogens (primary N) is 1. The molecule has 0 spiro atoms. The van der Waals surface area contributed by atoms with Gasteiger partial charge in [-0.25, -0.2) is 15.0 Å². The lowest BCUT2D eigenvalue weighted by atomic mass is 10.1. The molecule has 37 heavy (non-hydrogen) atoms. The van der Waals surface area contributed by atoms with Crippen molar-refractivity contribution in [2.45, 2.75) is 12.3 Å². The summed E-state index contributed by atoms with van der Waals surface area (Å²) in [7, 11) is 0. The number of nitrogen functional groups attached to an aromatic ring is 1. The first-order valence-electron chi connectivity index (χ1n) is 11.1. The maximum absolute atomic E-state index is 13.0. The molecule has 0 saturated carbocycles. The van der Waals surface area contributed by atoms with Gasteiger partial charge in [-0.05, 0) is 24.3 Å². The Hall–Kier alpha value is -4.54. The molecule has 4 heterocycles. The van der Waals surface area contributed by atoms with Crippen molar-refractivity contribution in [3.8, 4) is 17.3 Å². The number of benzene rings is 1. The summed E-state index contributed by atoms with van der Waals surface area (Å²) in [6.07, 6.45) is -2.64. The van der Waals surface area contributed by atoms with Crippen molar-refractivity contribution in [2.24, 2.45) is 0 Å². The molecule has 1 fully saturated rings. The number of nitriles is 1. The van der Waals surface area contributed by atoms with E-state index in [-0.39, 0.29) is 22.9 Å². The summed E-state index contributed by atoms with van der Waals surface area (Å²) in [5, 5.41) is 15.3. The van der Waals surface area contributed by atoms with E-state index in [0.717, 1.165) is 18.3 Å². The Morgan fingerprint density at radius 1 is 1.24 bits per heavy atom. The number of amides is 1. The summed E-state index contributed by atoms with van der Waals surface area (Å²) in [5.41, 5.74) is 7.14. The molecule has 0 bridgehead atoms. The van der Waals surface area contributed by atoms with Crippen molar-refractivity contribution < 1.29 is 22.7 Å². The van der Waals surface area contributed by atoms with Crippen LogP contribution in [0.25, 0.3) is 16.8 Å². The highest BCUT2D eigenvalue weighted by Crippen LogP contribution is 2.33. The SMILES string of the molecule is N#Cc1cnc(N)c2c(-c3ccc(C(=O)Nc4cc(C(F)(F)F)ccn4)cc3)nc([C@H]3CNCCO3)n12. The van der Waals surface area contributed by atoms with E-state index in [1.165, 1.54) is 18.3 Å². The highest BCUT2D eigenvalue weighted by Gasteiger charge is 2.31. The zero-order valence-corrected chi connectivity index (χ0v) is 19.1. The number of alkyl halides is 3. The van der Waals surface area contributed by atoms with Crippen molar-refractivity contribution in [1.82, 2.24) is 24.7 Å². The van der Waals surface area contributed by atoms with Crippen LogP contribution in [-0.4, -0.2) is 45.0 Å². The van der Waals surface area contributed by atoms with Gasteiger partial charge in [0.05, 0.1) is 18.4 Å². The zero-order valence-electron chi connectivity index (χ0n) is 19.1. The van der Waals surface area contributed by atoms with Crippen molar-refractivity contribution in [3.63, 3.8) is 0 Å². The molecule has 0 radical (unpaired) electrons. The number of imidazole rings is 1. The molecule has 0 unspecified atom stereocenters. The molecule has 188 valence electrons. The average molecular weight is 508 g/mol. The number of aromatic nitrogens is 4. The summed E-state index contributed by atoms with van der Waals surface area (Å²) in [5.74, 6) is -0.213. The predicted molar refractivity (Wildman–Crippen MR) is 126 cm³/mol. The van der Waals surface area contributed by atoms with Gasteiger partial charge in [0, 0.05) is 30.4 Å². The van der Waals surface area contributed by atoms with Crippen LogP contribution in [0.4, 0.5) is 24.8 Å². The fourth-order valence-corrected chi connectivity index (χ4v) is 4.04. The van der Waals surface area contributed by atoms with Crippen LogP contribution in [0.15, 0.2) is 48.8 Å². The number of nitrogens with zero attached hydrogens (tertiary/aromatic N) is 5. The Morgan fingerprint density at radius 3 is 2.70 bits per heavy atom. The van der Waals surface area contributed by atoms with Crippen LogP contribution in [0.2, 0.25) is 0 Å². The van der Waals surface area contributed by atoms with E-state index in [1.54, 1.807) is 16.5 Å². The topological polar surface area (TPSA) is 143 Å². The quantitative estimate of drug-likeness (QED) is 0.381. The Morgan fingerprint density at radius 2 is 2.03 bits per heavy atom. The number of halogens is 3. The van der Waals surface area contributed by atoms with Gasteiger partial charge < -0.3 is 21.1 Å². The largest absolute Gasteiger partial charge is 0.416 e. The van der Waals surface area contributed by atoms with Crippen LogP contribution in [0.5, 0.6) is 0 Å². The van der Waals surface area contributed by atoms with Crippen molar-refractivity contribution >= 4 is 23.1 Å². The molecular formula is C24H19F3N8O2. The highest BCUT2D eigenvalue weighted by molar-refractivity contribution is 6.04. The fraction of sp³-hybridized carbons (Fsp3) is 0.208. The van der Waals surface area contributed by atoms with Gasteiger partial charge in [-0.3, -0.25) is 9.20 Å². The molecule has 10 nitrogen and oxygen atoms in total. The predicted octanol–water partition coefficient (Wildman–Crippen LogP) is 3.18. The van der Waals surface area contributed by atoms with Gasteiger partial charge in [-0.15, -0.1) is 0 Å². The normalized spacial score (nSPS) is 15.9. The van der Waals surface area contributed by atoms with E-state index in [1.807, 2.05) is 0 Å². The zero-order chi connectivity index (χ0) is 26.2. The van der Waals surface area contributed by atoms with Crippen LogP contribution in [0.3, 0.4) is 0 Å². The van der Waals surface area contributed by atoms with Gasteiger partial charge in [0.25, 0.3) is 5.91 Å². The molecule has 1 aliphatic heterocycles. The van der Waals surface area contributed by atoms with E-state index in [2.05, 4.69) is 26.7 Å². The first-order chi connectivity index (χ1) is 17.8. The molecule has 1 aliphatic rings. The summed E-state index contributed by atoms with van der Waals surface area (Å²) < 4.78 is 46.3. The summed E-state index contributed by atoms with van der Waals surface area (Å²) >= 11 is 0. The number of carbonyl (C=O) groups is 1. The third-order valence-corrected chi connectivity index (χ3v) is 5.79. The minimum atomic E-state index is -4.56. The lowest BCUT2D eigenvalue weighted by Crippen LogP contribution is -2.34. The van der Waals surface area contributed by atoms with Crippen LogP contribution in [0, 0.1) is 11.3 Å². The minimum absolute atomic E-state index is 0.161. The monoisotopic (exact) mass is 508 g/mol. The number of nitrogens with one attached hydrogen (secondary N) is 2. The van der Waals surface area contributed by atoms with Crippen molar-refractivity contribution in [2.75, 3.05) is 30.7 Å². The van der Waals surface area contributed by atoms with Crippen molar-refractivity contribution in [3.05, 3.63) is 71.4 Å². The van der Waals surface area contributed by atoms with Gasteiger partial charge in [-0.2, -0.15) is 18.4 Å². The van der Waals surface area contributed by atoms with Gasteiger partial charge in [0.15, 0.2) is 0 Å². The smallest absolute Gasteiger partial charge is 0.382 e. The Balaban J connectivity index is 1.48. The molecule has 1 amide bonds. The van der Waals surface area contributed by atoms with E-state index < -0.39 is 23.8 Å². The molecule has 4 N–H and O–H groups in total. The Kier molecular flexibility index (Phi) is 6.20. The van der Waals surface area contributed by atoms with Crippen molar-refractivity contribution in [1.29, 1.82) is 5.26 Å². The molecule has 3 aromatic heterocycles. The standard InChI is InChI=1S/C24H19F3N8O2/c25-24(26,27)15-5-6-31-18(9-15)33-23(36)14-3-1-13(2-4-14)19-20-21(29)32-11-16(10-28)35(20)22(34-19)17-12-30-7-8-37-17/h1-6,9,11,17,30H,7-8,12H2,(H2,29,32)(H,31,33,36)/t17-/m1/s1. The first-order valence-corrected chi connectivity index (χ1v) is 11.1. The molecule has 13 heteroatoms. The lowest BCUT2D eigenvalue weighted by Gasteiger charge is -2.22. The minimum Gasteiger partial charge on any atom is -0.382 e. The maximum atomic E-state index is 13.0. The number of rotatable bonds is 4. The number of carbonyl (C=O) groups excluding carboxylic acids is 1. The van der Waals surface area contributed by atoms with Crippen LogP contribution in [0.1, 0.15) is 33.5 Å².